The molecule has 1 aromatic carbocycles. The molecule has 2 aliphatic rings. The molecule has 0 bridgehead atoms. The van der Waals surface area contributed by atoms with E-state index in [2.05, 4.69) is 39.7 Å². The van der Waals surface area contributed by atoms with Crippen molar-refractivity contribution in [1.29, 1.82) is 0 Å². The van der Waals surface area contributed by atoms with E-state index in [1.165, 1.54) is 17.1 Å². The van der Waals surface area contributed by atoms with Crippen LogP contribution in [0.15, 0.2) is 30.5 Å². The molecule has 2 saturated heterocycles. The number of benzene rings is 1. The van der Waals surface area contributed by atoms with E-state index in [1.54, 1.807) is 0 Å². The highest BCUT2D eigenvalue weighted by molar-refractivity contribution is 7.99. The van der Waals surface area contributed by atoms with Gasteiger partial charge in [0.15, 0.2) is 5.69 Å². The summed E-state index contributed by atoms with van der Waals surface area (Å²) < 4.78 is 1.92. The third-order valence-corrected chi connectivity index (χ3v) is 6.48. The predicted octanol–water partition coefficient (Wildman–Crippen LogP) is 3.34. The molecule has 0 aliphatic carbocycles. The van der Waals surface area contributed by atoms with Crippen LogP contribution in [0, 0.1) is 6.92 Å². The normalized spacial score (nSPS) is 20.1. The lowest BCUT2D eigenvalue weighted by molar-refractivity contribution is 0.102. The number of thioether (sulfide) groups is 1. The van der Waals surface area contributed by atoms with E-state index in [0.29, 0.717) is 11.7 Å². The molecule has 1 atom stereocenters. The van der Waals surface area contributed by atoms with E-state index < -0.39 is 0 Å². The van der Waals surface area contributed by atoms with Gasteiger partial charge in [-0.15, -0.1) is 12.4 Å². The fraction of sp³-hybridized carbons (Fsp3) is 0.524. The number of hydrogen-bond donors (Lipinski definition) is 2. The van der Waals surface area contributed by atoms with Crippen LogP contribution in [-0.2, 0) is 6.54 Å². The van der Waals surface area contributed by atoms with E-state index in [1.807, 2.05) is 34.8 Å². The Kier molecular flexibility index (Phi) is 8.00. The average molecular weight is 436 g/mol. The number of rotatable bonds is 5. The van der Waals surface area contributed by atoms with Crippen molar-refractivity contribution in [3.63, 3.8) is 0 Å². The number of anilines is 1. The van der Waals surface area contributed by atoms with Crippen LogP contribution < -0.4 is 10.6 Å². The van der Waals surface area contributed by atoms with Crippen molar-refractivity contribution in [3.05, 3.63) is 47.3 Å². The smallest absolute Gasteiger partial charge is 0.276 e. The fourth-order valence-electron chi connectivity index (χ4n) is 3.89. The van der Waals surface area contributed by atoms with Crippen LogP contribution in [0.5, 0.6) is 0 Å². The second-order valence-corrected chi connectivity index (χ2v) is 8.90. The first-order valence-corrected chi connectivity index (χ1v) is 11.3. The van der Waals surface area contributed by atoms with Crippen molar-refractivity contribution < 1.29 is 4.79 Å². The van der Waals surface area contributed by atoms with Crippen LogP contribution in [0.25, 0.3) is 0 Å². The summed E-state index contributed by atoms with van der Waals surface area (Å²) in [7, 11) is 0. The number of nitrogens with zero attached hydrogens (tertiary/aromatic N) is 3. The maximum Gasteiger partial charge on any atom is 0.276 e. The zero-order valence-electron chi connectivity index (χ0n) is 16.9. The summed E-state index contributed by atoms with van der Waals surface area (Å²) in [5.41, 5.74) is 3.72. The molecule has 0 saturated carbocycles. The van der Waals surface area contributed by atoms with Gasteiger partial charge in [0.05, 0.1) is 6.04 Å². The summed E-state index contributed by atoms with van der Waals surface area (Å²) in [5, 5.41) is 10.9. The number of aryl methyl sites for hydroxylation is 1. The fourth-order valence-corrected chi connectivity index (χ4v) is 4.87. The molecule has 29 heavy (non-hydrogen) atoms. The Labute approximate surface area is 183 Å². The number of hydrogen-bond acceptors (Lipinski definition) is 5. The first-order chi connectivity index (χ1) is 13.7. The SMILES string of the molecule is Cc1cc(CN2CCSCC2)ccc1NC(=O)c1ccn(C2CCCNC2)n1.Cl. The first-order valence-electron chi connectivity index (χ1n) is 10.2. The monoisotopic (exact) mass is 435 g/mol. The Morgan fingerprint density at radius 3 is 2.86 bits per heavy atom. The molecule has 0 radical (unpaired) electrons. The molecule has 0 spiro atoms. The summed E-state index contributed by atoms with van der Waals surface area (Å²) >= 11 is 2.03. The molecule has 4 rings (SSSR count). The lowest BCUT2D eigenvalue weighted by Crippen LogP contribution is -2.32. The number of aromatic nitrogens is 2. The third kappa shape index (κ3) is 5.75. The molecule has 1 amide bonds. The Morgan fingerprint density at radius 2 is 2.14 bits per heavy atom. The van der Waals surface area contributed by atoms with Crippen molar-refractivity contribution in [3.8, 4) is 0 Å². The quantitative estimate of drug-likeness (QED) is 0.754. The maximum absolute atomic E-state index is 12.7. The average Bonchev–Trinajstić information content (AvgIpc) is 3.22. The number of halogens is 1. The van der Waals surface area contributed by atoms with Crippen molar-refractivity contribution >= 4 is 35.8 Å². The van der Waals surface area contributed by atoms with Gasteiger partial charge in [-0.25, -0.2) is 0 Å². The zero-order valence-corrected chi connectivity index (χ0v) is 18.5. The number of amides is 1. The second-order valence-electron chi connectivity index (χ2n) is 7.67. The molecule has 3 heterocycles. The van der Waals surface area contributed by atoms with Crippen molar-refractivity contribution in [1.82, 2.24) is 20.0 Å². The highest BCUT2D eigenvalue weighted by atomic mass is 35.5. The van der Waals surface area contributed by atoms with Crippen LogP contribution >= 0.6 is 24.2 Å². The van der Waals surface area contributed by atoms with Crippen LogP contribution in [0.3, 0.4) is 0 Å². The Hall–Kier alpha value is -1.54. The molecule has 2 aromatic rings. The summed E-state index contributed by atoms with van der Waals surface area (Å²) in [4.78, 5) is 15.1. The van der Waals surface area contributed by atoms with Crippen molar-refractivity contribution in [2.24, 2.45) is 0 Å². The number of piperidine rings is 1. The van der Waals surface area contributed by atoms with E-state index in [0.717, 1.165) is 56.8 Å². The van der Waals surface area contributed by atoms with E-state index in [9.17, 15) is 4.79 Å². The van der Waals surface area contributed by atoms with Crippen molar-refractivity contribution in [2.45, 2.75) is 32.4 Å². The number of carbonyl (C=O) groups is 1. The Morgan fingerprint density at radius 1 is 1.31 bits per heavy atom. The maximum atomic E-state index is 12.7. The van der Waals surface area contributed by atoms with Crippen LogP contribution in [0.2, 0.25) is 0 Å². The molecule has 1 aromatic heterocycles. The summed E-state index contributed by atoms with van der Waals surface area (Å²) in [6, 6.07) is 8.47. The molecule has 8 heteroatoms. The van der Waals surface area contributed by atoms with Gasteiger partial charge in [-0.2, -0.15) is 16.9 Å². The first kappa shape index (κ1) is 22.2. The molecule has 2 N–H and O–H groups in total. The highest BCUT2D eigenvalue weighted by Crippen LogP contribution is 2.21. The van der Waals surface area contributed by atoms with Gasteiger partial charge < -0.3 is 10.6 Å². The standard InChI is InChI=1S/C21H29N5OS.ClH/c1-16-13-17(15-25-9-11-28-12-10-25)4-5-19(16)23-21(27)20-6-8-26(24-20)18-3-2-7-22-14-18;/h4-6,8,13,18,22H,2-3,7,9-12,14-15H2,1H3,(H,23,27);1H. The van der Waals surface area contributed by atoms with Crippen LogP contribution in [0.4, 0.5) is 5.69 Å². The van der Waals surface area contributed by atoms with Gasteiger partial charge in [-0.3, -0.25) is 14.4 Å². The van der Waals surface area contributed by atoms with Gasteiger partial charge in [0.1, 0.15) is 0 Å². The highest BCUT2D eigenvalue weighted by Gasteiger charge is 2.18. The predicted molar refractivity (Wildman–Crippen MR) is 122 cm³/mol. The van der Waals surface area contributed by atoms with Gasteiger partial charge in [0.2, 0.25) is 0 Å². The minimum Gasteiger partial charge on any atom is -0.320 e. The van der Waals surface area contributed by atoms with Crippen molar-refractivity contribution in [2.75, 3.05) is 43.0 Å². The van der Waals surface area contributed by atoms with Crippen LogP contribution in [0.1, 0.15) is 40.5 Å². The summed E-state index contributed by atoms with van der Waals surface area (Å²) in [6.45, 7) is 7.33. The van der Waals surface area contributed by atoms with Gasteiger partial charge in [-0.1, -0.05) is 12.1 Å². The van der Waals surface area contributed by atoms with E-state index in [-0.39, 0.29) is 18.3 Å². The van der Waals surface area contributed by atoms with E-state index >= 15 is 0 Å². The minimum atomic E-state index is -0.147. The molecule has 158 valence electrons. The summed E-state index contributed by atoms with van der Waals surface area (Å²) in [6.07, 6.45) is 4.17. The molecule has 1 unspecified atom stereocenters. The topological polar surface area (TPSA) is 62.2 Å². The van der Waals surface area contributed by atoms with Gasteiger partial charge >= 0.3 is 0 Å². The molecular weight excluding hydrogens is 406 g/mol. The number of carbonyl (C=O) groups excluding carboxylic acids is 1. The Balaban J connectivity index is 0.00000240. The molecule has 6 nitrogen and oxygen atoms in total. The zero-order chi connectivity index (χ0) is 19.3. The number of nitrogens with one attached hydrogen (secondary N) is 2. The van der Waals surface area contributed by atoms with Gasteiger partial charge in [0, 0.05) is 49.6 Å². The lowest BCUT2D eigenvalue weighted by atomic mass is 10.1. The largest absolute Gasteiger partial charge is 0.320 e. The summed E-state index contributed by atoms with van der Waals surface area (Å²) in [5.74, 6) is 2.29. The van der Waals surface area contributed by atoms with Gasteiger partial charge in [0.25, 0.3) is 5.91 Å². The van der Waals surface area contributed by atoms with E-state index in [4.69, 9.17) is 0 Å². The molecular formula is C21H30ClN5OS. The van der Waals surface area contributed by atoms with Gasteiger partial charge in [-0.05, 0) is 49.6 Å². The molecule has 2 fully saturated rings. The molecule has 2 aliphatic heterocycles. The second kappa shape index (κ2) is 10.5. The Bertz CT molecular complexity index is 815. The third-order valence-electron chi connectivity index (χ3n) is 5.53. The lowest BCUT2D eigenvalue weighted by Gasteiger charge is -2.26. The van der Waals surface area contributed by atoms with Crippen LogP contribution in [-0.4, -0.2) is 58.3 Å². The minimum absolute atomic E-state index is 0.